The molecule has 132 valence electrons. The highest BCUT2D eigenvalue weighted by Gasteiger charge is 2.29. The molecule has 4 rings (SSSR count). The van der Waals surface area contributed by atoms with Crippen molar-refractivity contribution in [2.45, 2.75) is 25.3 Å². The zero-order valence-corrected chi connectivity index (χ0v) is 13.7. The summed E-state index contributed by atoms with van der Waals surface area (Å²) in [6, 6.07) is 5.61. The first-order valence-electron chi connectivity index (χ1n) is 8.41. The molecule has 0 aliphatic carbocycles. The van der Waals surface area contributed by atoms with Crippen molar-refractivity contribution < 1.29 is 23.1 Å². The van der Waals surface area contributed by atoms with E-state index in [4.69, 9.17) is 13.9 Å². The molecular weight excluding hydrogens is 327 g/mol. The number of nitrogens with zero attached hydrogens (tertiary/aromatic N) is 2. The van der Waals surface area contributed by atoms with Gasteiger partial charge in [0, 0.05) is 19.6 Å². The van der Waals surface area contributed by atoms with Crippen LogP contribution in [0.5, 0.6) is 5.75 Å². The molecule has 1 aromatic carbocycles. The third kappa shape index (κ3) is 3.51. The summed E-state index contributed by atoms with van der Waals surface area (Å²) in [4.78, 5) is 18.6. The van der Waals surface area contributed by atoms with Gasteiger partial charge in [-0.1, -0.05) is 0 Å². The molecule has 1 atom stereocenters. The van der Waals surface area contributed by atoms with E-state index in [0.717, 1.165) is 30.4 Å². The third-order valence-electron chi connectivity index (χ3n) is 4.55. The van der Waals surface area contributed by atoms with Crippen LogP contribution in [-0.2, 0) is 22.5 Å². The van der Waals surface area contributed by atoms with Crippen molar-refractivity contribution in [1.29, 1.82) is 0 Å². The second-order valence-corrected chi connectivity index (χ2v) is 6.29. The van der Waals surface area contributed by atoms with Gasteiger partial charge in [0.2, 0.25) is 0 Å². The summed E-state index contributed by atoms with van der Waals surface area (Å²) in [6.45, 7) is 2.31. The van der Waals surface area contributed by atoms with E-state index in [1.54, 1.807) is 4.90 Å². The van der Waals surface area contributed by atoms with Crippen LogP contribution in [0.15, 0.2) is 28.7 Å². The lowest BCUT2D eigenvalue weighted by atomic mass is 10.1. The van der Waals surface area contributed by atoms with Crippen LogP contribution in [0.25, 0.3) is 0 Å². The smallest absolute Gasteiger partial charge is 0.260 e. The largest absolute Gasteiger partial charge is 0.484 e. The molecule has 1 unspecified atom stereocenters. The minimum Gasteiger partial charge on any atom is -0.484 e. The van der Waals surface area contributed by atoms with Crippen molar-refractivity contribution in [2.75, 3.05) is 26.4 Å². The van der Waals surface area contributed by atoms with Crippen molar-refractivity contribution in [3.8, 4) is 5.75 Å². The van der Waals surface area contributed by atoms with Gasteiger partial charge < -0.3 is 18.8 Å². The molecule has 1 fully saturated rings. The van der Waals surface area contributed by atoms with E-state index < -0.39 is 0 Å². The van der Waals surface area contributed by atoms with Crippen LogP contribution >= 0.6 is 0 Å². The number of carbonyl (C=O) groups excluding carboxylic acids is 1. The number of carbonyl (C=O) groups is 1. The summed E-state index contributed by atoms with van der Waals surface area (Å²) in [5, 5.41) is 0. The summed E-state index contributed by atoms with van der Waals surface area (Å²) in [6.07, 6.45) is 1.58. The second-order valence-electron chi connectivity index (χ2n) is 6.29. The number of hydrogen-bond acceptors (Lipinski definition) is 5. The maximum atomic E-state index is 12.9. The first-order chi connectivity index (χ1) is 12.2. The Morgan fingerprint density at radius 1 is 1.36 bits per heavy atom. The minimum absolute atomic E-state index is 0.0812. The number of rotatable bonds is 4. The number of benzene rings is 1. The Morgan fingerprint density at radius 3 is 2.96 bits per heavy atom. The number of fused-ring (bicyclic) bond motifs is 1. The van der Waals surface area contributed by atoms with Crippen molar-refractivity contribution >= 4 is 5.91 Å². The molecule has 6 nitrogen and oxygen atoms in total. The predicted molar refractivity (Wildman–Crippen MR) is 85.7 cm³/mol. The zero-order chi connectivity index (χ0) is 17.2. The highest BCUT2D eigenvalue weighted by molar-refractivity contribution is 5.78. The molecule has 0 bridgehead atoms. The van der Waals surface area contributed by atoms with Gasteiger partial charge in [-0.05, 0) is 30.7 Å². The summed E-state index contributed by atoms with van der Waals surface area (Å²) in [5.74, 6) is 1.82. The van der Waals surface area contributed by atoms with Crippen LogP contribution in [0.1, 0.15) is 29.7 Å². The van der Waals surface area contributed by atoms with Crippen LogP contribution in [0.3, 0.4) is 0 Å². The summed E-state index contributed by atoms with van der Waals surface area (Å²) >= 11 is 0. The van der Waals surface area contributed by atoms with Gasteiger partial charge in [0.25, 0.3) is 5.91 Å². The molecule has 0 N–H and O–H groups in total. The topological polar surface area (TPSA) is 64.8 Å². The van der Waals surface area contributed by atoms with Gasteiger partial charge in [-0.3, -0.25) is 4.79 Å². The maximum absolute atomic E-state index is 12.9. The van der Waals surface area contributed by atoms with Crippen LogP contribution in [0.2, 0.25) is 0 Å². The van der Waals surface area contributed by atoms with Crippen LogP contribution in [0.4, 0.5) is 4.39 Å². The molecule has 0 spiro atoms. The van der Waals surface area contributed by atoms with Crippen molar-refractivity contribution in [3.05, 3.63) is 47.4 Å². The molecule has 2 aliphatic heterocycles. The lowest BCUT2D eigenvalue weighted by Gasteiger charge is -2.25. The van der Waals surface area contributed by atoms with Crippen molar-refractivity contribution in [2.24, 2.45) is 0 Å². The predicted octanol–water partition coefficient (Wildman–Crippen LogP) is 2.28. The molecular formula is C18H19FN2O4. The number of hydrogen-bond donors (Lipinski definition) is 0. The van der Waals surface area contributed by atoms with E-state index in [1.807, 2.05) is 0 Å². The van der Waals surface area contributed by atoms with Crippen LogP contribution in [0, 0.1) is 5.82 Å². The molecule has 3 heterocycles. The van der Waals surface area contributed by atoms with Gasteiger partial charge >= 0.3 is 0 Å². The highest BCUT2D eigenvalue weighted by atomic mass is 19.1. The number of halogens is 1. The number of oxazole rings is 1. The summed E-state index contributed by atoms with van der Waals surface area (Å²) in [7, 11) is 0. The molecule has 2 aromatic rings. The fraction of sp³-hybridized carbons (Fsp3) is 0.444. The Bertz CT molecular complexity index is 753. The summed E-state index contributed by atoms with van der Waals surface area (Å²) < 4.78 is 29.6. The normalized spacial score (nSPS) is 19.7. The molecule has 2 aliphatic rings. The molecule has 1 saturated heterocycles. The Hall–Kier alpha value is -2.41. The van der Waals surface area contributed by atoms with Gasteiger partial charge in [0.1, 0.15) is 23.0 Å². The van der Waals surface area contributed by atoms with Gasteiger partial charge in [-0.2, -0.15) is 0 Å². The zero-order valence-electron chi connectivity index (χ0n) is 13.7. The van der Waals surface area contributed by atoms with Gasteiger partial charge in [-0.25, -0.2) is 9.37 Å². The molecule has 1 amide bonds. The van der Waals surface area contributed by atoms with Crippen molar-refractivity contribution in [1.82, 2.24) is 9.88 Å². The Balaban J connectivity index is 1.36. The van der Waals surface area contributed by atoms with Gasteiger partial charge in [0.05, 0.1) is 19.1 Å². The maximum Gasteiger partial charge on any atom is 0.260 e. The van der Waals surface area contributed by atoms with Crippen molar-refractivity contribution in [3.63, 3.8) is 0 Å². The monoisotopic (exact) mass is 346 g/mol. The molecule has 1 aromatic heterocycles. The van der Waals surface area contributed by atoms with E-state index in [-0.39, 0.29) is 24.2 Å². The van der Waals surface area contributed by atoms with Gasteiger partial charge in [0.15, 0.2) is 12.5 Å². The van der Waals surface area contributed by atoms with E-state index >= 15 is 0 Å². The molecule has 0 saturated carbocycles. The van der Waals surface area contributed by atoms with E-state index in [9.17, 15) is 9.18 Å². The first kappa shape index (κ1) is 16.1. The summed E-state index contributed by atoms with van der Waals surface area (Å²) in [5.41, 5.74) is 0.822. The van der Waals surface area contributed by atoms with E-state index in [0.29, 0.717) is 31.9 Å². The average molecular weight is 346 g/mol. The average Bonchev–Trinajstić information content (AvgIpc) is 3.29. The molecule has 0 radical (unpaired) electrons. The third-order valence-corrected chi connectivity index (χ3v) is 4.55. The second kappa shape index (κ2) is 6.84. The Kier molecular flexibility index (Phi) is 4.40. The van der Waals surface area contributed by atoms with Crippen LogP contribution in [-0.4, -0.2) is 42.2 Å². The SMILES string of the molecule is O=C(COc1ccc(F)cc1)N1CCc2oc(C3CCOC3)nc2C1. The lowest BCUT2D eigenvalue weighted by molar-refractivity contribution is -0.134. The molecule has 7 heteroatoms. The standard InChI is InChI=1S/C18H19FN2O4/c19-13-1-3-14(4-2-13)24-11-17(22)21-7-5-16-15(9-21)20-18(25-16)12-6-8-23-10-12/h1-4,12H,5-11H2. The molecule has 25 heavy (non-hydrogen) atoms. The van der Waals surface area contributed by atoms with Gasteiger partial charge in [-0.15, -0.1) is 0 Å². The number of ether oxygens (including phenoxy) is 2. The lowest BCUT2D eigenvalue weighted by Crippen LogP contribution is -2.38. The van der Waals surface area contributed by atoms with E-state index in [2.05, 4.69) is 4.98 Å². The fourth-order valence-corrected chi connectivity index (χ4v) is 3.10. The minimum atomic E-state index is -0.336. The van der Waals surface area contributed by atoms with Crippen LogP contribution < -0.4 is 4.74 Å². The first-order valence-corrected chi connectivity index (χ1v) is 8.41. The fourth-order valence-electron chi connectivity index (χ4n) is 3.10. The quantitative estimate of drug-likeness (QED) is 0.850. The highest BCUT2D eigenvalue weighted by Crippen LogP contribution is 2.28. The van der Waals surface area contributed by atoms with E-state index in [1.165, 1.54) is 24.3 Å². The Labute approximate surface area is 144 Å². The number of amides is 1. The Morgan fingerprint density at radius 2 is 2.20 bits per heavy atom. The number of aromatic nitrogens is 1.